The van der Waals surface area contributed by atoms with Crippen molar-refractivity contribution in [1.29, 1.82) is 0 Å². The number of likely N-dealkylation sites (N-methyl/N-ethyl adjacent to an activating group) is 1. The first kappa shape index (κ1) is 18.3. The van der Waals surface area contributed by atoms with Crippen LogP contribution in [-0.4, -0.2) is 57.1 Å². The maximum Gasteiger partial charge on any atom is 0.236 e. The second-order valence-electron chi connectivity index (χ2n) is 6.73. The fourth-order valence-electron chi connectivity index (χ4n) is 3.51. The van der Waals surface area contributed by atoms with E-state index in [0.717, 1.165) is 18.7 Å². The number of ether oxygens (including phenoxy) is 2. The molecule has 2 aromatic rings. The summed E-state index contributed by atoms with van der Waals surface area (Å²) in [5.41, 5.74) is 3.59. The number of carbonyl (C=O) groups is 1. The highest BCUT2D eigenvalue weighted by molar-refractivity contribution is 5.77. The van der Waals surface area contributed by atoms with Crippen LogP contribution in [0.3, 0.4) is 0 Å². The van der Waals surface area contributed by atoms with Gasteiger partial charge in [-0.25, -0.2) is 0 Å². The topological polar surface area (TPSA) is 42.0 Å². The normalized spacial score (nSPS) is 16.7. The number of hydrogen-bond acceptors (Lipinski definition) is 4. The molecule has 2 aromatic carbocycles. The van der Waals surface area contributed by atoms with Crippen molar-refractivity contribution >= 4 is 5.91 Å². The second-order valence-corrected chi connectivity index (χ2v) is 6.73. The van der Waals surface area contributed by atoms with Crippen molar-refractivity contribution in [2.75, 3.05) is 41.4 Å². The molecule has 0 saturated carbocycles. The highest BCUT2D eigenvalue weighted by atomic mass is 16.5. The van der Waals surface area contributed by atoms with Crippen molar-refractivity contribution in [1.82, 2.24) is 9.80 Å². The van der Waals surface area contributed by atoms with E-state index in [4.69, 9.17) is 9.47 Å². The first-order chi connectivity index (χ1) is 12.5. The van der Waals surface area contributed by atoms with Gasteiger partial charge in [-0.3, -0.25) is 9.69 Å². The maximum absolute atomic E-state index is 12.4. The third-order valence-electron chi connectivity index (χ3n) is 4.93. The minimum atomic E-state index is 0.0173. The van der Waals surface area contributed by atoms with Crippen molar-refractivity contribution < 1.29 is 14.3 Å². The van der Waals surface area contributed by atoms with E-state index >= 15 is 0 Å². The molecule has 0 bridgehead atoms. The Labute approximate surface area is 155 Å². The van der Waals surface area contributed by atoms with Gasteiger partial charge in [0.2, 0.25) is 5.91 Å². The number of benzene rings is 2. The van der Waals surface area contributed by atoms with Crippen LogP contribution in [0.1, 0.15) is 22.7 Å². The number of amides is 1. The van der Waals surface area contributed by atoms with Gasteiger partial charge in [0.25, 0.3) is 0 Å². The van der Waals surface area contributed by atoms with Gasteiger partial charge < -0.3 is 14.4 Å². The Bertz CT molecular complexity index is 774. The molecule has 1 atom stereocenters. The number of nitrogens with zero attached hydrogens (tertiary/aromatic N) is 2. The third-order valence-corrected chi connectivity index (χ3v) is 4.93. The van der Waals surface area contributed by atoms with Crippen LogP contribution in [0.2, 0.25) is 0 Å². The number of rotatable bonds is 5. The Morgan fingerprint density at radius 3 is 2.38 bits per heavy atom. The van der Waals surface area contributed by atoms with E-state index in [1.807, 2.05) is 18.2 Å². The van der Waals surface area contributed by atoms with Crippen LogP contribution in [0.15, 0.2) is 42.5 Å². The first-order valence-corrected chi connectivity index (χ1v) is 8.79. The largest absolute Gasteiger partial charge is 0.493 e. The van der Waals surface area contributed by atoms with Crippen LogP contribution >= 0.6 is 0 Å². The summed E-state index contributed by atoms with van der Waals surface area (Å²) >= 11 is 0. The molecular weight excluding hydrogens is 328 g/mol. The molecule has 3 rings (SSSR count). The molecule has 26 heavy (non-hydrogen) atoms. The molecular formula is C21H26N2O3. The van der Waals surface area contributed by atoms with Gasteiger partial charge in [-0.2, -0.15) is 0 Å². The minimum absolute atomic E-state index is 0.0173. The summed E-state index contributed by atoms with van der Waals surface area (Å²) in [7, 11) is 6.90. The predicted molar refractivity (Wildman–Crippen MR) is 102 cm³/mol. The Morgan fingerprint density at radius 1 is 1.12 bits per heavy atom. The Kier molecular flexibility index (Phi) is 5.47. The van der Waals surface area contributed by atoms with Crippen molar-refractivity contribution in [3.8, 4) is 11.5 Å². The lowest BCUT2D eigenvalue weighted by atomic mass is 9.87. The molecule has 1 amide bonds. The molecule has 5 heteroatoms. The van der Waals surface area contributed by atoms with Gasteiger partial charge in [0.1, 0.15) is 0 Å². The predicted octanol–water partition coefficient (Wildman–Crippen LogP) is 2.74. The fourth-order valence-corrected chi connectivity index (χ4v) is 3.51. The summed E-state index contributed by atoms with van der Waals surface area (Å²) in [6.45, 7) is 1.21. The van der Waals surface area contributed by atoms with E-state index in [1.165, 1.54) is 16.7 Å². The minimum Gasteiger partial charge on any atom is -0.493 e. The Balaban J connectivity index is 2.07. The molecule has 138 valence electrons. The van der Waals surface area contributed by atoms with E-state index in [0.29, 0.717) is 12.3 Å². The summed E-state index contributed by atoms with van der Waals surface area (Å²) in [5, 5.41) is 0. The van der Waals surface area contributed by atoms with Gasteiger partial charge in [-0.05, 0) is 35.2 Å². The number of fused-ring (bicyclic) bond motifs is 1. The van der Waals surface area contributed by atoms with Crippen LogP contribution in [0.4, 0.5) is 0 Å². The third kappa shape index (κ3) is 3.53. The van der Waals surface area contributed by atoms with Crippen molar-refractivity contribution in [2.24, 2.45) is 0 Å². The molecule has 0 fully saturated rings. The zero-order valence-electron chi connectivity index (χ0n) is 15.9. The Morgan fingerprint density at radius 2 is 1.77 bits per heavy atom. The highest BCUT2D eigenvalue weighted by Crippen LogP contribution is 2.40. The van der Waals surface area contributed by atoms with Crippen LogP contribution < -0.4 is 9.47 Å². The van der Waals surface area contributed by atoms with E-state index in [2.05, 4.69) is 29.2 Å². The van der Waals surface area contributed by atoms with Crippen molar-refractivity contribution in [3.63, 3.8) is 0 Å². The molecule has 1 heterocycles. The van der Waals surface area contributed by atoms with Gasteiger partial charge in [-0.1, -0.05) is 30.3 Å². The lowest BCUT2D eigenvalue weighted by Gasteiger charge is -2.38. The van der Waals surface area contributed by atoms with Crippen LogP contribution in [0.5, 0.6) is 11.5 Å². The molecule has 0 unspecified atom stereocenters. The molecule has 1 aliphatic rings. The standard InChI is InChI=1S/C21H26N2O3/c1-22(2)20(24)14-23-11-10-16-12-18(25-3)19(26-4)13-17(16)21(23)15-8-6-5-7-9-15/h5-9,12-13,21H,10-11,14H2,1-4H3/t21-/m1/s1. The number of methoxy groups -OCH3 is 2. The van der Waals surface area contributed by atoms with E-state index in [9.17, 15) is 4.79 Å². The van der Waals surface area contributed by atoms with E-state index < -0.39 is 0 Å². The summed E-state index contributed by atoms with van der Waals surface area (Å²) in [6.07, 6.45) is 0.875. The van der Waals surface area contributed by atoms with Gasteiger partial charge in [0.05, 0.1) is 26.8 Å². The van der Waals surface area contributed by atoms with Gasteiger partial charge in [-0.15, -0.1) is 0 Å². The van der Waals surface area contributed by atoms with Gasteiger partial charge in [0, 0.05) is 20.6 Å². The smallest absolute Gasteiger partial charge is 0.236 e. The molecule has 0 aliphatic carbocycles. The first-order valence-electron chi connectivity index (χ1n) is 8.79. The highest BCUT2D eigenvalue weighted by Gasteiger charge is 2.31. The lowest BCUT2D eigenvalue weighted by molar-refractivity contribution is -0.130. The molecule has 1 aliphatic heterocycles. The lowest BCUT2D eigenvalue weighted by Crippen LogP contribution is -2.42. The molecule has 0 N–H and O–H groups in total. The Hall–Kier alpha value is -2.53. The van der Waals surface area contributed by atoms with Crippen molar-refractivity contribution in [2.45, 2.75) is 12.5 Å². The summed E-state index contributed by atoms with van der Waals surface area (Å²) < 4.78 is 11.0. The summed E-state index contributed by atoms with van der Waals surface area (Å²) in [4.78, 5) is 16.3. The van der Waals surface area contributed by atoms with Gasteiger partial charge in [0.15, 0.2) is 11.5 Å². The summed E-state index contributed by atoms with van der Waals surface area (Å²) in [5.74, 6) is 1.57. The van der Waals surface area contributed by atoms with E-state index in [1.54, 1.807) is 33.2 Å². The second kappa shape index (κ2) is 7.79. The average Bonchev–Trinajstić information content (AvgIpc) is 2.67. The monoisotopic (exact) mass is 354 g/mol. The average molecular weight is 354 g/mol. The molecule has 0 radical (unpaired) electrons. The molecule has 5 nitrogen and oxygen atoms in total. The van der Waals surface area contributed by atoms with Crippen LogP contribution in [0.25, 0.3) is 0 Å². The SMILES string of the molecule is COc1cc2c(cc1OC)[C@@H](c1ccccc1)N(CC(=O)N(C)C)CC2. The quantitative estimate of drug-likeness (QED) is 0.828. The molecule has 0 aromatic heterocycles. The zero-order valence-corrected chi connectivity index (χ0v) is 15.9. The summed E-state index contributed by atoms with van der Waals surface area (Å²) in [6, 6.07) is 14.5. The molecule has 0 spiro atoms. The number of carbonyl (C=O) groups excluding carboxylic acids is 1. The maximum atomic E-state index is 12.4. The fraction of sp³-hybridized carbons (Fsp3) is 0.381. The van der Waals surface area contributed by atoms with Crippen LogP contribution in [-0.2, 0) is 11.2 Å². The van der Waals surface area contributed by atoms with Gasteiger partial charge >= 0.3 is 0 Å². The molecule has 0 saturated heterocycles. The number of hydrogen-bond donors (Lipinski definition) is 0. The zero-order chi connectivity index (χ0) is 18.7. The van der Waals surface area contributed by atoms with Crippen LogP contribution in [0, 0.1) is 0 Å². The van der Waals surface area contributed by atoms with E-state index in [-0.39, 0.29) is 11.9 Å². The van der Waals surface area contributed by atoms with Crippen molar-refractivity contribution in [3.05, 3.63) is 59.2 Å².